The Morgan fingerprint density at radius 1 is 1.17 bits per heavy atom. The Morgan fingerprint density at radius 3 is 2.74 bits per heavy atom. The van der Waals surface area contributed by atoms with Gasteiger partial charge < -0.3 is 14.8 Å². The van der Waals surface area contributed by atoms with Crippen LogP contribution in [-0.2, 0) is 16.1 Å². The summed E-state index contributed by atoms with van der Waals surface area (Å²) in [7, 11) is 3.26. The van der Waals surface area contributed by atoms with Crippen LogP contribution in [0.25, 0.3) is 6.08 Å². The molecule has 0 unspecified atom stereocenters. The third-order valence-electron chi connectivity index (χ3n) is 3.30. The summed E-state index contributed by atoms with van der Waals surface area (Å²) < 4.78 is 10.4. The number of ether oxygens (including phenoxy) is 2. The fourth-order valence-corrected chi connectivity index (χ4v) is 2.24. The van der Waals surface area contributed by atoms with Crippen molar-refractivity contribution in [3.8, 4) is 5.75 Å². The fraction of sp³-hybridized carbons (Fsp3) is 0.211. The van der Waals surface area contributed by atoms with Gasteiger partial charge in [-0.3, -0.25) is 4.79 Å². The second kappa shape index (κ2) is 8.15. The molecule has 0 atom stereocenters. The molecule has 1 amide bonds. The minimum Gasteiger partial charge on any atom is -0.496 e. The Kier molecular flexibility index (Phi) is 5.94. The van der Waals surface area contributed by atoms with Crippen molar-refractivity contribution < 1.29 is 14.3 Å². The summed E-state index contributed by atoms with van der Waals surface area (Å²) >= 11 is 0. The van der Waals surface area contributed by atoms with E-state index in [1.54, 1.807) is 20.3 Å². The molecule has 2 aromatic rings. The standard InChI is InChI=1S/C19H21NO3/c1-14-7-9-18(23-3)16(11-14)8-10-19(21)20-17-6-4-5-15(12-17)13-22-2/h4-12H,13H2,1-3H3,(H,20,21)/b10-8+. The van der Waals surface area contributed by atoms with Gasteiger partial charge in [-0.2, -0.15) is 0 Å². The zero-order chi connectivity index (χ0) is 16.7. The predicted molar refractivity (Wildman–Crippen MR) is 92.5 cm³/mol. The van der Waals surface area contributed by atoms with E-state index in [0.29, 0.717) is 6.61 Å². The first kappa shape index (κ1) is 16.8. The molecule has 4 heteroatoms. The summed E-state index contributed by atoms with van der Waals surface area (Å²) in [6.07, 6.45) is 3.25. The maximum atomic E-state index is 12.1. The molecule has 4 nitrogen and oxygen atoms in total. The molecule has 23 heavy (non-hydrogen) atoms. The number of amides is 1. The minimum absolute atomic E-state index is 0.192. The van der Waals surface area contributed by atoms with Crippen molar-refractivity contribution in [3.63, 3.8) is 0 Å². The van der Waals surface area contributed by atoms with Gasteiger partial charge in [-0.1, -0.05) is 23.8 Å². The Bertz CT molecular complexity index is 708. The molecule has 0 fully saturated rings. The van der Waals surface area contributed by atoms with Gasteiger partial charge in [0.25, 0.3) is 0 Å². The third-order valence-corrected chi connectivity index (χ3v) is 3.30. The van der Waals surface area contributed by atoms with Gasteiger partial charge in [-0.15, -0.1) is 0 Å². The number of benzene rings is 2. The molecule has 1 N–H and O–H groups in total. The molecule has 2 aromatic carbocycles. The van der Waals surface area contributed by atoms with Gasteiger partial charge in [0.2, 0.25) is 5.91 Å². The highest BCUT2D eigenvalue weighted by Gasteiger charge is 2.02. The van der Waals surface area contributed by atoms with E-state index in [-0.39, 0.29) is 5.91 Å². The second-order valence-electron chi connectivity index (χ2n) is 5.20. The number of methoxy groups -OCH3 is 2. The number of rotatable bonds is 6. The van der Waals surface area contributed by atoms with Crippen LogP contribution >= 0.6 is 0 Å². The lowest BCUT2D eigenvalue weighted by Crippen LogP contribution is -2.08. The lowest BCUT2D eigenvalue weighted by molar-refractivity contribution is -0.111. The van der Waals surface area contributed by atoms with Gasteiger partial charge in [0.15, 0.2) is 0 Å². The van der Waals surface area contributed by atoms with E-state index in [1.165, 1.54) is 6.08 Å². The Hall–Kier alpha value is -2.59. The van der Waals surface area contributed by atoms with Gasteiger partial charge in [0, 0.05) is 24.4 Å². The van der Waals surface area contributed by atoms with Crippen LogP contribution < -0.4 is 10.1 Å². The zero-order valence-electron chi connectivity index (χ0n) is 13.6. The molecule has 0 heterocycles. The van der Waals surface area contributed by atoms with Crippen LogP contribution in [0, 0.1) is 6.92 Å². The van der Waals surface area contributed by atoms with E-state index in [2.05, 4.69) is 5.32 Å². The molecule has 0 saturated heterocycles. The summed E-state index contributed by atoms with van der Waals surface area (Å²) in [4.78, 5) is 12.1. The molecule has 0 spiro atoms. The highest BCUT2D eigenvalue weighted by atomic mass is 16.5. The van der Waals surface area contributed by atoms with Crippen LogP contribution in [0.2, 0.25) is 0 Å². The van der Waals surface area contributed by atoms with Crippen molar-refractivity contribution in [2.75, 3.05) is 19.5 Å². The zero-order valence-corrected chi connectivity index (χ0v) is 13.6. The Morgan fingerprint density at radius 2 is 2.00 bits per heavy atom. The van der Waals surface area contributed by atoms with Crippen LogP contribution in [0.15, 0.2) is 48.5 Å². The lowest BCUT2D eigenvalue weighted by atomic mass is 10.1. The van der Waals surface area contributed by atoms with E-state index in [0.717, 1.165) is 28.1 Å². The molecule has 120 valence electrons. The molecule has 0 saturated carbocycles. The number of carbonyl (C=O) groups is 1. The largest absolute Gasteiger partial charge is 0.496 e. The van der Waals surface area contributed by atoms with E-state index >= 15 is 0 Å². The minimum atomic E-state index is -0.192. The maximum absolute atomic E-state index is 12.1. The van der Waals surface area contributed by atoms with Crippen molar-refractivity contribution in [3.05, 3.63) is 65.2 Å². The second-order valence-corrected chi connectivity index (χ2v) is 5.20. The monoisotopic (exact) mass is 311 g/mol. The number of carbonyl (C=O) groups excluding carboxylic acids is 1. The molecule has 0 aliphatic heterocycles. The smallest absolute Gasteiger partial charge is 0.248 e. The quantitative estimate of drug-likeness (QED) is 0.825. The van der Waals surface area contributed by atoms with Crippen LogP contribution in [-0.4, -0.2) is 20.1 Å². The molecule has 2 rings (SSSR count). The van der Waals surface area contributed by atoms with Crippen LogP contribution in [0.4, 0.5) is 5.69 Å². The highest BCUT2D eigenvalue weighted by Crippen LogP contribution is 2.21. The summed E-state index contributed by atoms with van der Waals surface area (Å²) in [6.45, 7) is 2.51. The number of aryl methyl sites for hydroxylation is 1. The predicted octanol–water partition coefficient (Wildman–Crippen LogP) is 3.80. The van der Waals surface area contributed by atoms with Crippen LogP contribution in [0.3, 0.4) is 0 Å². The molecule has 0 aromatic heterocycles. The first-order valence-corrected chi connectivity index (χ1v) is 7.34. The van der Waals surface area contributed by atoms with Crippen LogP contribution in [0.5, 0.6) is 5.75 Å². The van der Waals surface area contributed by atoms with E-state index < -0.39 is 0 Å². The van der Waals surface area contributed by atoms with Crippen molar-refractivity contribution in [1.82, 2.24) is 0 Å². The molecule has 0 radical (unpaired) electrons. The van der Waals surface area contributed by atoms with Gasteiger partial charge in [0.05, 0.1) is 13.7 Å². The van der Waals surface area contributed by atoms with E-state index in [1.807, 2.05) is 49.4 Å². The average molecular weight is 311 g/mol. The van der Waals surface area contributed by atoms with E-state index in [9.17, 15) is 4.79 Å². The normalized spacial score (nSPS) is 10.7. The topological polar surface area (TPSA) is 47.6 Å². The first-order valence-electron chi connectivity index (χ1n) is 7.34. The lowest BCUT2D eigenvalue weighted by Gasteiger charge is -2.06. The SMILES string of the molecule is COCc1cccc(NC(=O)/C=C/c2cc(C)ccc2OC)c1. The van der Waals surface area contributed by atoms with E-state index in [4.69, 9.17) is 9.47 Å². The van der Waals surface area contributed by atoms with Gasteiger partial charge in [0.1, 0.15) is 5.75 Å². The van der Waals surface area contributed by atoms with Crippen molar-refractivity contribution in [2.45, 2.75) is 13.5 Å². The fourth-order valence-electron chi connectivity index (χ4n) is 2.24. The van der Waals surface area contributed by atoms with Gasteiger partial charge >= 0.3 is 0 Å². The number of nitrogens with one attached hydrogen (secondary N) is 1. The van der Waals surface area contributed by atoms with Crippen molar-refractivity contribution in [2.24, 2.45) is 0 Å². The van der Waals surface area contributed by atoms with Crippen LogP contribution in [0.1, 0.15) is 16.7 Å². The number of hydrogen-bond acceptors (Lipinski definition) is 3. The van der Waals surface area contributed by atoms with Crippen molar-refractivity contribution >= 4 is 17.7 Å². The molecule has 0 bridgehead atoms. The first-order chi connectivity index (χ1) is 11.1. The summed E-state index contributed by atoms with van der Waals surface area (Å²) in [6, 6.07) is 13.4. The molecular formula is C19H21NO3. The molecular weight excluding hydrogens is 290 g/mol. The van der Waals surface area contributed by atoms with Crippen molar-refractivity contribution in [1.29, 1.82) is 0 Å². The Labute approximate surface area is 136 Å². The number of hydrogen-bond donors (Lipinski definition) is 1. The van der Waals surface area contributed by atoms with Gasteiger partial charge in [-0.05, 0) is 42.8 Å². The summed E-state index contributed by atoms with van der Waals surface area (Å²) in [5.74, 6) is 0.546. The summed E-state index contributed by atoms with van der Waals surface area (Å²) in [5, 5.41) is 2.84. The number of anilines is 1. The average Bonchev–Trinajstić information content (AvgIpc) is 2.54. The Balaban J connectivity index is 2.07. The summed E-state index contributed by atoms with van der Waals surface area (Å²) in [5.41, 5.74) is 3.73. The highest BCUT2D eigenvalue weighted by molar-refractivity contribution is 6.02. The third kappa shape index (κ3) is 4.97. The molecule has 0 aliphatic rings. The van der Waals surface area contributed by atoms with Gasteiger partial charge in [-0.25, -0.2) is 0 Å². The maximum Gasteiger partial charge on any atom is 0.248 e. The molecule has 0 aliphatic carbocycles.